The molecule has 1 atom stereocenters. The molecule has 2 aliphatic heterocycles. The van der Waals surface area contributed by atoms with Crippen molar-refractivity contribution in [2.24, 2.45) is 0 Å². The summed E-state index contributed by atoms with van der Waals surface area (Å²) >= 11 is 0. The minimum atomic E-state index is -0.752. The molecule has 1 amide bonds. The Balaban J connectivity index is 1.67. The Labute approximate surface area is 185 Å². The maximum absolute atomic E-state index is 12.1. The Hall–Kier alpha value is -3.25. The van der Waals surface area contributed by atoms with Gasteiger partial charge in [-0.3, -0.25) is 0 Å². The number of likely N-dealkylation sites (tertiary alicyclic amines) is 1. The van der Waals surface area contributed by atoms with Gasteiger partial charge in [0.25, 0.3) is 0 Å². The third kappa shape index (κ3) is 4.81. The first-order valence-electron chi connectivity index (χ1n) is 10.5. The fourth-order valence-corrected chi connectivity index (χ4v) is 3.98. The Morgan fingerprint density at radius 3 is 2.72 bits per heavy atom. The van der Waals surface area contributed by atoms with Gasteiger partial charge in [-0.2, -0.15) is 4.98 Å². The van der Waals surface area contributed by atoms with Crippen molar-refractivity contribution in [3.63, 3.8) is 0 Å². The van der Waals surface area contributed by atoms with Crippen LogP contribution in [-0.4, -0.2) is 94.7 Å². The number of carbonyl (C=O) groups excluding carboxylic acids is 1. The first kappa shape index (κ1) is 22.0. The molecule has 12 heteroatoms. The zero-order valence-corrected chi connectivity index (χ0v) is 18.0. The highest BCUT2D eigenvalue weighted by atomic mass is 16.5. The summed E-state index contributed by atoms with van der Waals surface area (Å²) in [5, 5.41) is 13.6. The number of aliphatic hydroxyl groups is 1. The van der Waals surface area contributed by atoms with Crippen LogP contribution in [0.3, 0.4) is 0 Å². The zero-order valence-electron chi connectivity index (χ0n) is 18.0. The third-order valence-electron chi connectivity index (χ3n) is 5.68. The molecule has 0 spiro atoms. The highest BCUT2D eigenvalue weighted by molar-refractivity contribution is 5.68. The quantitative estimate of drug-likeness (QED) is 0.586. The van der Waals surface area contributed by atoms with Gasteiger partial charge in [0.2, 0.25) is 11.9 Å². The Bertz CT molecular complexity index is 938. The van der Waals surface area contributed by atoms with Crippen LogP contribution in [0.15, 0.2) is 18.5 Å². The summed E-state index contributed by atoms with van der Waals surface area (Å²) in [5.74, 6) is 1.26. The van der Waals surface area contributed by atoms with Crippen LogP contribution in [0.4, 0.5) is 22.5 Å². The van der Waals surface area contributed by atoms with Crippen molar-refractivity contribution in [3.05, 3.63) is 18.5 Å². The van der Waals surface area contributed by atoms with E-state index in [1.54, 1.807) is 23.4 Å². The molecule has 2 fully saturated rings. The fraction of sp³-hybridized carbons (Fsp3) is 0.550. The molecule has 2 aromatic heterocycles. The highest BCUT2D eigenvalue weighted by Crippen LogP contribution is 2.29. The molecule has 0 radical (unpaired) electrons. The van der Waals surface area contributed by atoms with Crippen LogP contribution in [0.2, 0.25) is 0 Å². The number of nitrogen functional groups attached to an aromatic ring is 1. The minimum absolute atomic E-state index is 0.169. The molecule has 0 unspecified atom stereocenters. The number of hydrogen-bond acceptors (Lipinski definition) is 11. The van der Waals surface area contributed by atoms with E-state index in [9.17, 15) is 9.90 Å². The highest BCUT2D eigenvalue weighted by Gasteiger charge is 2.38. The van der Waals surface area contributed by atoms with Gasteiger partial charge in [-0.25, -0.2) is 19.7 Å². The van der Waals surface area contributed by atoms with Gasteiger partial charge in [0, 0.05) is 50.2 Å². The Morgan fingerprint density at radius 1 is 1.28 bits per heavy atom. The second kappa shape index (κ2) is 9.49. The van der Waals surface area contributed by atoms with Gasteiger partial charge >= 0.3 is 6.09 Å². The van der Waals surface area contributed by atoms with Crippen LogP contribution >= 0.6 is 0 Å². The van der Waals surface area contributed by atoms with Crippen molar-refractivity contribution in [1.29, 1.82) is 0 Å². The van der Waals surface area contributed by atoms with Crippen LogP contribution in [0.1, 0.15) is 12.8 Å². The average molecular weight is 444 g/mol. The summed E-state index contributed by atoms with van der Waals surface area (Å²) in [7, 11) is 1.35. The molecule has 12 nitrogen and oxygen atoms in total. The van der Waals surface area contributed by atoms with E-state index in [-0.39, 0.29) is 12.6 Å². The molecule has 0 bridgehead atoms. The molecule has 0 aromatic carbocycles. The van der Waals surface area contributed by atoms with Crippen molar-refractivity contribution in [2.45, 2.75) is 18.4 Å². The fourth-order valence-electron chi connectivity index (χ4n) is 3.98. The van der Waals surface area contributed by atoms with Crippen molar-refractivity contribution >= 4 is 23.8 Å². The second-order valence-electron chi connectivity index (χ2n) is 7.93. The summed E-state index contributed by atoms with van der Waals surface area (Å²) in [6.07, 6.45) is 4.20. The molecule has 32 heavy (non-hydrogen) atoms. The van der Waals surface area contributed by atoms with Crippen molar-refractivity contribution < 1.29 is 19.4 Å². The number of piperidine rings is 1. The number of nitrogens with one attached hydrogen (secondary N) is 1. The number of rotatable bonds is 5. The predicted molar refractivity (Wildman–Crippen MR) is 117 cm³/mol. The topological polar surface area (TPSA) is 152 Å². The van der Waals surface area contributed by atoms with Gasteiger partial charge < -0.3 is 35.4 Å². The molecular weight excluding hydrogens is 416 g/mol. The van der Waals surface area contributed by atoms with E-state index in [2.05, 4.69) is 15.3 Å². The van der Waals surface area contributed by atoms with Gasteiger partial charge in [0.05, 0.1) is 38.2 Å². The van der Waals surface area contributed by atoms with Crippen molar-refractivity contribution in [1.82, 2.24) is 24.8 Å². The van der Waals surface area contributed by atoms with E-state index < -0.39 is 11.6 Å². The summed E-state index contributed by atoms with van der Waals surface area (Å²) < 4.78 is 10.3. The van der Waals surface area contributed by atoms with Crippen LogP contribution in [0.25, 0.3) is 11.3 Å². The Kier molecular flexibility index (Phi) is 6.51. The standard InChI is InChI=1S/C20H28N8O4/c1-31-19(30)28-4-2-3-20(12-28,13-29)26-16-9-15(14-10-22-17(21)23-11-14)24-18(25-16)27-5-7-32-8-6-27/h9-11,29H,2-8,12-13H2,1H3,(H2,21,22,23)(H,24,25,26)/t20-/m0/s1. The molecule has 4 rings (SSSR count). The number of aromatic nitrogens is 4. The predicted octanol–water partition coefficient (Wildman–Crippen LogP) is 0.358. The first-order valence-corrected chi connectivity index (χ1v) is 10.5. The van der Waals surface area contributed by atoms with Crippen molar-refractivity contribution in [2.75, 3.05) is 69.1 Å². The molecule has 172 valence electrons. The number of aliphatic hydroxyl groups excluding tert-OH is 1. The molecule has 4 N–H and O–H groups in total. The average Bonchev–Trinajstić information content (AvgIpc) is 2.84. The lowest BCUT2D eigenvalue weighted by atomic mass is 9.90. The maximum Gasteiger partial charge on any atom is 0.409 e. The van der Waals surface area contributed by atoms with Gasteiger partial charge in [0.1, 0.15) is 5.82 Å². The number of nitrogens with zero attached hydrogens (tertiary/aromatic N) is 6. The lowest BCUT2D eigenvalue weighted by molar-refractivity contribution is 0.0804. The zero-order chi connectivity index (χ0) is 22.6. The van der Waals surface area contributed by atoms with E-state index >= 15 is 0 Å². The van der Waals surface area contributed by atoms with E-state index in [1.807, 2.05) is 4.90 Å². The maximum atomic E-state index is 12.1. The molecule has 0 aliphatic carbocycles. The number of amides is 1. The summed E-state index contributed by atoms with van der Waals surface area (Å²) in [4.78, 5) is 33.3. The molecule has 0 saturated carbocycles. The number of nitrogens with two attached hydrogens (primary N) is 1. The SMILES string of the molecule is COC(=O)N1CCC[C@](CO)(Nc2cc(-c3cnc(N)nc3)nc(N3CCOCC3)n2)C1. The van der Waals surface area contributed by atoms with E-state index in [0.717, 1.165) is 6.42 Å². The summed E-state index contributed by atoms with van der Waals surface area (Å²) in [6.45, 7) is 3.23. The number of hydrogen-bond donors (Lipinski definition) is 3. The van der Waals surface area contributed by atoms with Gasteiger partial charge in [0.15, 0.2) is 0 Å². The van der Waals surface area contributed by atoms with E-state index in [1.165, 1.54) is 7.11 Å². The number of ether oxygens (including phenoxy) is 2. The molecule has 4 heterocycles. The Morgan fingerprint density at radius 2 is 2.03 bits per heavy atom. The third-order valence-corrected chi connectivity index (χ3v) is 5.68. The van der Waals surface area contributed by atoms with Gasteiger partial charge in [-0.05, 0) is 12.8 Å². The lowest BCUT2D eigenvalue weighted by Crippen LogP contribution is -2.57. The molecule has 2 aromatic rings. The number of anilines is 3. The second-order valence-corrected chi connectivity index (χ2v) is 7.93. The van der Waals surface area contributed by atoms with Crippen molar-refractivity contribution in [3.8, 4) is 11.3 Å². The van der Waals surface area contributed by atoms with Crippen LogP contribution in [0.5, 0.6) is 0 Å². The molecular formula is C20H28N8O4. The molecule has 2 saturated heterocycles. The minimum Gasteiger partial charge on any atom is -0.453 e. The number of methoxy groups -OCH3 is 1. The lowest BCUT2D eigenvalue weighted by Gasteiger charge is -2.42. The largest absolute Gasteiger partial charge is 0.453 e. The number of morpholine rings is 1. The van der Waals surface area contributed by atoms with Crippen LogP contribution in [0, 0.1) is 0 Å². The van der Waals surface area contributed by atoms with E-state index in [4.69, 9.17) is 25.2 Å². The summed E-state index contributed by atoms with van der Waals surface area (Å²) in [5.41, 5.74) is 6.19. The van der Waals surface area contributed by atoms with Crippen LogP contribution in [-0.2, 0) is 9.47 Å². The van der Waals surface area contributed by atoms with Gasteiger partial charge in [-0.15, -0.1) is 0 Å². The van der Waals surface area contributed by atoms with E-state index in [0.29, 0.717) is 68.8 Å². The van der Waals surface area contributed by atoms with Gasteiger partial charge in [-0.1, -0.05) is 0 Å². The summed E-state index contributed by atoms with van der Waals surface area (Å²) in [6, 6.07) is 1.79. The number of carbonyl (C=O) groups is 1. The van der Waals surface area contributed by atoms with Crippen LogP contribution < -0.4 is 16.0 Å². The first-order chi connectivity index (χ1) is 15.5. The monoisotopic (exact) mass is 444 g/mol. The normalized spacial score (nSPS) is 21.3. The molecule has 2 aliphatic rings. The smallest absolute Gasteiger partial charge is 0.409 e.